The average Bonchev–Trinajstić information content (AvgIpc) is 3.04. The minimum atomic E-state index is -3.57. The van der Waals surface area contributed by atoms with Crippen molar-refractivity contribution in [3.63, 3.8) is 0 Å². The van der Waals surface area contributed by atoms with Crippen molar-refractivity contribution < 1.29 is 12.8 Å². The summed E-state index contributed by atoms with van der Waals surface area (Å²) in [4.78, 5) is 8.11. The summed E-state index contributed by atoms with van der Waals surface area (Å²) in [6, 6.07) is 11.0. The van der Waals surface area contributed by atoms with Crippen molar-refractivity contribution in [3.8, 4) is 0 Å². The first kappa shape index (κ1) is 19.8. The molecule has 0 radical (unpaired) electrons. The van der Waals surface area contributed by atoms with Crippen LogP contribution in [0.25, 0.3) is 11.0 Å². The first-order chi connectivity index (χ1) is 13.5. The molecule has 0 amide bonds. The van der Waals surface area contributed by atoms with Crippen molar-refractivity contribution in [3.05, 3.63) is 60.1 Å². The summed E-state index contributed by atoms with van der Waals surface area (Å²) in [6.07, 6.45) is 2.84. The molecule has 0 unspecified atom stereocenters. The second-order valence-electron chi connectivity index (χ2n) is 6.09. The lowest BCUT2D eigenvalue weighted by Gasteiger charge is -2.12. The van der Waals surface area contributed by atoms with E-state index >= 15 is 0 Å². The molecule has 8 nitrogen and oxygen atoms in total. The number of furan rings is 1. The zero-order valence-electron chi connectivity index (χ0n) is 15.8. The van der Waals surface area contributed by atoms with E-state index in [-0.39, 0.29) is 11.4 Å². The van der Waals surface area contributed by atoms with Crippen molar-refractivity contribution in [1.29, 1.82) is 0 Å². The van der Waals surface area contributed by atoms with E-state index in [2.05, 4.69) is 25.3 Å². The Morgan fingerprint density at radius 2 is 1.96 bits per heavy atom. The number of aliphatic imine (C=N–C) groups is 1. The molecule has 0 spiro atoms. The molecular formula is C19H23N5O3S. The van der Waals surface area contributed by atoms with Crippen LogP contribution in [0, 0.1) is 6.92 Å². The van der Waals surface area contributed by atoms with E-state index in [9.17, 15) is 8.42 Å². The number of pyridine rings is 1. The van der Waals surface area contributed by atoms with Crippen LogP contribution in [-0.4, -0.2) is 39.5 Å². The number of para-hydroxylation sites is 1. The summed E-state index contributed by atoms with van der Waals surface area (Å²) in [5, 5.41) is 7.34. The van der Waals surface area contributed by atoms with Gasteiger partial charge in [0.05, 0.1) is 6.54 Å². The standard InChI is InChI=1S/C19H23N5O3S/c1-14-16-7-3-4-8-17(16)27-18(14)13-23-19(20-2)22-10-11-24-28(25,26)15-6-5-9-21-12-15/h3-9,12,24H,10-11,13H2,1-2H3,(H2,20,22,23). The number of benzene rings is 1. The summed E-state index contributed by atoms with van der Waals surface area (Å²) >= 11 is 0. The maximum atomic E-state index is 12.1. The van der Waals surface area contributed by atoms with Crippen molar-refractivity contribution >= 4 is 27.0 Å². The number of guanidine groups is 1. The summed E-state index contributed by atoms with van der Waals surface area (Å²) < 4.78 is 32.7. The van der Waals surface area contributed by atoms with Gasteiger partial charge < -0.3 is 15.1 Å². The van der Waals surface area contributed by atoms with Gasteiger partial charge in [0, 0.05) is 43.5 Å². The van der Waals surface area contributed by atoms with Gasteiger partial charge in [-0.2, -0.15) is 0 Å². The molecule has 0 saturated heterocycles. The first-order valence-corrected chi connectivity index (χ1v) is 10.3. The second kappa shape index (κ2) is 8.85. The number of nitrogens with zero attached hydrogens (tertiary/aromatic N) is 2. The van der Waals surface area contributed by atoms with Crippen LogP contribution in [0.15, 0.2) is 63.1 Å². The molecule has 3 rings (SSSR count). The molecule has 0 atom stereocenters. The first-order valence-electron chi connectivity index (χ1n) is 8.82. The van der Waals surface area contributed by atoms with Gasteiger partial charge in [0.2, 0.25) is 10.0 Å². The van der Waals surface area contributed by atoms with Crippen LogP contribution in [0.2, 0.25) is 0 Å². The minimum Gasteiger partial charge on any atom is -0.459 e. The zero-order valence-corrected chi connectivity index (χ0v) is 16.6. The molecule has 0 aliphatic carbocycles. The minimum absolute atomic E-state index is 0.137. The van der Waals surface area contributed by atoms with E-state index in [4.69, 9.17) is 4.42 Å². The van der Waals surface area contributed by atoms with Crippen molar-refractivity contribution in [1.82, 2.24) is 20.3 Å². The largest absolute Gasteiger partial charge is 0.459 e. The Morgan fingerprint density at radius 3 is 2.68 bits per heavy atom. The lowest BCUT2D eigenvalue weighted by Crippen LogP contribution is -2.41. The number of hydrogen-bond donors (Lipinski definition) is 3. The van der Waals surface area contributed by atoms with Gasteiger partial charge in [-0.25, -0.2) is 13.1 Å². The number of nitrogens with one attached hydrogen (secondary N) is 3. The number of aromatic nitrogens is 1. The van der Waals surface area contributed by atoms with E-state index in [1.54, 1.807) is 13.1 Å². The highest BCUT2D eigenvalue weighted by Gasteiger charge is 2.13. The van der Waals surface area contributed by atoms with Gasteiger partial charge in [-0.3, -0.25) is 9.98 Å². The Morgan fingerprint density at radius 1 is 1.14 bits per heavy atom. The molecule has 3 N–H and O–H groups in total. The lowest BCUT2D eigenvalue weighted by molar-refractivity contribution is 0.534. The molecule has 148 valence electrons. The fraction of sp³-hybridized carbons (Fsp3) is 0.263. The molecule has 0 saturated carbocycles. The van der Waals surface area contributed by atoms with Crippen LogP contribution in [0.3, 0.4) is 0 Å². The molecule has 0 fully saturated rings. The van der Waals surface area contributed by atoms with E-state index in [0.29, 0.717) is 19.0 Å². The maximum absolute atomic E-state index is 12.1. The van der Waals surface area contributed by atoms with Gasteiger partial charge in [0.15, 0.2) is 5.96 Å². The van der Waals surface area contributed by atoms with Crippen LogP contribution in [0.1, 0.15) is 11.3 Å². The van der Waals surface area contributed by atoms with E-state index in [1.807, 2.05) is 31.2 Å². The van der Waals surface area contributed by atoms with Crippen molar-refractivity contribution in [2.24, 2.45) is 4.99 Å². The molecule has 3 aromatic rings. The summed E-state index contributed by atoms with van der Waals surface area (Å²) in [5.74, 6) is 1.39. The Hall–Kier alpha value is -2.91. The van der Waals surface area contributed by atoms with Crippen molar-refractivity contribution in [2.45, 2.75) is 18.4 Å². The summed E-state index contributed by atoms with van der Waals surface area (Å²) in [5.41, 5.74) is 1.94. The Kier molecular flexibility index (Phi) is 6.27. The highest BCUT2D eigenvalue weighted by molar-refractivity contribution is 7.89. The van der Waals surface area contributed by atoms with Gasteiger partial charge in [-0.05, 0) is 25.1 Å². The second-order valence-corrected chi connectivity index (χ2v) is 7.85. The molecule has 0 aliphatic rings. The van der Waals surface area contributed by atoms with Gasteiger partial charge in [-0.15, -0.1) is 0 Å². The number of sulfonamides is 1. The predicted octanol–water partition coefficient (Wildman–Crippen LogP) is 1.78. The number of hydrogen-bond acceptors (Lipinski definition) is 5. The maximum Gasteiger partial charge on any atom is 0.242 e. The molecular weight excluding hydrogens is 378 g/mol. The molecule has 0 bridgehead atoms. The molecule has 0 aliphatic heterocycles. The SMILES string of the molecule is CN=C(NCCNS(=O)(=O)c1cccnc1)NCc1oc2ccccc2c1C. The normalized spacial score (nSPS) is 12.3. The van der Waals surface area contributed by atoms with Crippen molar-refractivity contribution in [2.75, 3.05) is 20.1 Å². The molecule has 2 heterocycles. The van der Waals surface area contributed by atoms with Gasteiger partial charge in [-0.1, -0.05) is 18.2 Å². The fourth-order valence-corrected chi connectivity index (χ4v) is 3.73. The summed E-state index contributed by atoms with van der Waals surface area (Å²) in [6.45, 7) is 3.08. The van der Waals surface area contributed by atoms with Gasteiger partial charge in [0.1, 0.15) is 16.2 Å². The zero-order chi connectivity index (χ0) is 20.0. The van der Waals surface area contributed by atoms with E-state index in [1.165, 1.54) is 18.5 Å². The average molecular weight is 401 g/mol. The molecule has 28 heavy (non-hydrogen) atoms. The topological polar surface area (TPSA) is 109 Å². The quantitative estimate of drug-likeness (QED) is 0.316. The highest BCUT2D eigenvalue weighted by atomic mass is 32.2. The number of fused-ring (bicyclic) bond motifs is 1. The van der Waals surface area contributed by atoms with Crippen LogP contribution >= 0.6 is 0 Å². The third-order valence-electron chi connectivity index (χ3n) is 4.24. The smallest absolute Gasteiger partial charge is 0.242 e. The summed E-state index contributed by atoms with van der Waals surface area (Å²) in [7, 11) is -1.92. The van der Waals surface area contributed by atoms with Crippen LogP contribution in [0.4, 0.5) is 0 Å². The van der Waals surface area contributed by atoms with E-state index in [0.717, 1.165) is 22.3 Å². The van der Waals surface area contributed by atoms with Gasteiger partial charge >= 0.3 is 0 Å². The van der Waals surface area contributed by atoms with Crippen LogP contribution < -0.4 is 15.4 Å². The fourth-order valence-electron chi connectivity index (χ4n) is 2.73. The highest BCUT2D eigenvalue weighted by Crippen LogP contribution is 2.24. The monoisotopic (exact) mass is 401 g/mol. The third-order valence-corrected chi connectivity index (χ3v) is 5.68. The van der Waals surface area contributed by atoms with Crippen LogP contribution in [-0.2, 0) is 16.6 Å². The Labute approximate surface area is 164 Å². The molecule has 2 aromatic heterocycles. The van der Waals surface area contributed by atoms with E-state index < -0.39 is 10.0 Å². The number of rotatable bonds is 7. The molecule has 1 aromatic carbocycles. The number of aryl methyl sites for hydroxylation is 1. The lowest BCUT2D eigenvalue weighted by atomic mass is 10.1. The van der Waals surface area contributed by atoms with Gasteiger partial charge in [0.25, 0.3) is 0 Å². The predicted molar refractivity (Wildman–Crippen MR) is 109 cm³/mol. The molecule has 9 heteroatoms. The Balaban J connectivity index is 1.49. The van der Waals surface area contributed by atoms with Crippen LogP contribution in [0.5, 0.6) is 0 Å². The Bertz CT molecular complexity index is 1060. The third kappa shape index (κ3) is 4.68.